The summed E-state index contributed by atoms with van der Waals surface area (Å²) in [5.41, 5.74) is 3.00. The number of likely N-dealkylation sites (N-methyl/N-ethyl adjacent to an activating group) is 1. The smallest absolute Gasteiger partial charge is 0.251 e. The zero-order valence-corrected chi connectivity index (χ0v) is 12.8. The third-order valence-electron chi connectivity index (χ3n) is 3.54. The maximum absolute atomic E-state index is 12.2. The summed E-state index contributed by atoms with van der Waals surface area (Å²) >= 11 is 0. The number of nitrogens with zero attached hydrogens (tertiary/aromatic N) is 1. The van der Waals surface area contributed by atoms with Crippen LogP contribution in [0.1, 0.15) is 27.5 Å². The summed E-state index contributed by atoms with van der Waals surface area (Å²) < 4.78 is 0. The first-order chi connectivity index (χ1) is 10.1. The highest BCUT2D eigenvalue weighted by molar-refractivity contribution is 5.94. The number of carbonyl (C=O) groups is 1. The zero-order valence-electron chi connectivity index (χ0n) is 12.8. The van der Waals surface area contributed by atoms with Gasteiger partial charge in [-0.2, -0.15) is 0 Å². The van der Waals surface area contributed by atoms with Gasteiger partial charge >= 0.3 is 0 Å². The monoisotopic (exact) mass is 282 g/mol. The minimum atomic E-state index is -0.0264. The summed E-state index contributed by atoms with van der Waals surface area (Å²) in [7, 11) is 4.05. The standard InChI is InChI=1S/C18H22N2O/c1-14-8-7-11-16(12-14)18(21)19-13-17(20(2)3)15-9-5-4-6-10-15/h4-12,17H,13H2,1-3H3,(H,19,21)/t17-/m0/s1. The lowest BCUT2D eigenvalue weighted by atomic mass is 10.1. The predicted octanol–water partition coefficient (Wildman–Crippen LogP) is 3.03. The van der Waals surface area contributed by atoms with Crippen LogP contribution in [0.2, 0.25) is 0 Å². The molecule has 0 aliphatic heterocycles. The fourth-order valence-electron chi connectivity index (χ4n) is 2.35. The van der Waals surface area contributed by atoms with Crippen molar-refractivity contribution in [1.29, 1.82) is 0 Å². The van der Waals surface area contributed by atoms with E-state index in [0.29, 0.717) is 12.1 Å². The van der Waals surface area contributed by atoms with E-state index in [0.717, 1.165) is 5.56 Å². The van der Waals surface area contributed by atoms with E-state index in [1.165, 1.54) is 5.56 Å². The molecule has 0 aliphatic carbocycles. The number of benzene rings is 2. The normalized spacial score (nSPS) is 12.2. The summed E-state index contributed by atoms with van der Waals surface area (Å²) in [4.78, 5) is 14.3. The van der Waals surface area contributed by atoms with Gasteiger partial charge in [-0.25, -0.2) is 0 Å². The minimum Gasteiger partial charge on any atom is -0.350 e. The molecular weight excluding hydrogens is 260 g/mol. The largest absolute Gasteiger partial charge is 0.350 e. The average Bonchev–Trinajstić information content (AvgIpc) is 2.48. The van der Waals surface area contributed by atoms with Gasteiger partial charge in [-0.3, -0.25) is 4.79 Å². The van der Waals surface area contributed by atoms with E-state index >= 15 is 0 Å². The molecule has 1 N–H and O–H groups in total. The van der Waals surface area contributed by atoms with Crippen molar-refractivity contribution in [2.75, 3.05) is 20.6 Å². The second-order valence-corrected chi connectivity index (χ2v) is 5.47. The first-order valence-corrected chi connectivity index (χ1v) is 7.14. The number of rotatable bonds is 5. The molecule has 110 valence electrons. The van der Waals surface area contributed by atoms with Gasteiger partial charge in [0.05, 0.1) is 6.04 Å². The third kappa shape index (κ3) is 4.17. The molecule has 0 spiro atoms. The van der Waals surface area contributed by atoms with Crippen LogP contribution in [0.5, 0.6) is 0 Å². The number of aryl methyl sites for hydroxylation is 1. The summed E-state index contributed by atoms with van der Waals surface area (Å²) in [6.07, 6.45) is 0. The van der Waals surface area contributed by atoms with E-state index in [2.05, 4.69) is 22.3 Å². The van der Waals surface area contributed by atoms with Gasteiger partial charge in [0.2, 0.25) is 0 Å². The third-order valence-corrected chi connectivity index (χ3v) is 3.54. The van der Waals surface area contributed by atoms with E-state index < -0.39 is 0 Å². The zero-order chi connectivity index (χ0) is 15.2. The van der Waals surface area contributed by atoms with E-state index in [1.807, 2.05) is 63.5 Å². The molecule has 0 saturated heterocycles. The lowest BCUT2D eigenvalue weighted by molar-refractivity contribution is 0.0942. The first kappa shape index (κ1) is 15.3. The van der Waals surface area contributed by atoms with Crippen LogP contribution >= 0.6 is 0 Å². The molecule has 2 aromatic carbocycles. The van der Waals surface area contributed by atoms with Gasteiger partial charge < -0.3 is 10.2 Å². The van der Waals surface area contributed by atoms with Crippen molar-refractivity contribution in [3.05, 3.63) is 71.3 Å². The summed E-state index contributed by atoms with van der Waals surface area (Å²) in [6, 6.07) is 18.0. The topological polar surface area (TPSA) is 32.3 Å². The summed E-state index contributed by atoms with van der Waals surface area (Å²) in [5, 5.41) is 3.03. The Labute approximate surface area is 126 Å². The lowest BCUT2D eigenvalue weighted by Gasteiger charge is -2.25. The number of nitrogens with one attached hydrogen (secondary N) is 1. The Hall–Kier alpha value is -2.13. The molecule has 0 saturated carbocycles. The molecule has 21 heavy (non-hydrogen) atoms. The maximum atomic E-state index is 12.2. The molecule has 3 nitrogen and oxygen atoms in total. The van der Waals surface area contributed by atoms with Crippen molar-refractivity contribution in [2.45, 2.75) is 13.0 Å². The van der Waals surface area contributed by atoms with Gasteiger partial charge in [0.25, 0.3) is 5.91 Å². The Morgan fingerprint density at radius 3 is 2.43 bits per heavy atom. The Morgan fingerprint density at radius 1 is 1.10 bits per heavy atom. The first-order valence-electron chi connectivity index (χ1n) is 7.14. The fourth-order valence-corrected chi connectivity index (χ4v) is 2.35. The van der Waals surface area contributed by atoms with Crippen molar-refractivity contribution >= 4 is 5.91 Å². The Bertz CT molecular complexity index is 593. The molecule has 2 rings (SSSR count). The molecule has 0 heterocycles. The fraction of sp³-hybridized carbons (Fsp3) is 0.278. The molecule has 3 heteroatoms. The van der Waals surface area contributed by atoms with Crippen LogP contribution in [-0.4, -0.2) is 31.4 Å². The van der Waals surface area contributed by atoms with Gasteiger partial charge in [0.1, 0.15) is 0 Å². The van der Waals surface area contributed by atoms with E-state index in [9.17, 15) is 4.79 Å². The highest BCUT2D eigenvalue weighted by Gasteiger charge is 2.15. The van der Waals surface area contributed by atoms with Crippen LogP contribution in [0.3, 0.4) is 0 Å². The van der Waals surface area contributed by atoms with E-state index in [4.69, 9.17) is 0 Å². The van der Waals surface area contributed by atoms with Crippen LogP contribution in [0.25, 0.3) is 0 Å². The number of amides is 1. The molecule has 1 amide bonds. The quantitative estimate of drug-likeness (QED) is 0.914. The predicted molar refractivity (Wildman–Crippen MR) is 86.4 cm³/mol. The van der Waals surface area contributed by atoms with Gasteiger partial charge in [-0.1, -0.05) is 48.0 Å². The molecule has 0 unspecified atom stereocenters. The number of hydrogen-bond acceptors (Lipinski definition) is 2. The SMILES string of the molecule is Cc1cccc(C(=O)NC[C@@H](c2ccccc2)N(C)C)c1. The Morgan fingerprint density at radius 2 is 1.81 bits per heavy atom. The van der Waals surface area contributed by atoms with E-state index in [-0.39, 0.29) is 11.9 Å². The van der Waals surface area contributed by atoms with Gasteiger partial charge in [-0.15, -0.1) is 0 Å². The van der Waals surface area contributed by atoms with Crippen molar-refractivity contribution in [1.82, 2.24) is 10.2 Å². The lowest BCUT2D eigenvalue weighted by Crippen LogP contribution is -2.34. The summed E-state index contributed by atoms with van der Waals surface area (Å²) in [6.45, 7) is 2.58. The van der Waals surface area contributed by atoms with Crippen LogP contribution < -0.4 is 5.32 Å². The van der Waals surface area contributed by atoms with Gasteiger partial charge in [0.15, 0.2) is 0 Å². The van der Waals surface area contributed by atoms with Crippen molar-refractivity contribution < 1.29 is 4.79 Å². The molecule has 2 aromatic rings. The second kappa shape index (κ2) is 7.04. The van der Waals surface area contributed by atoms with Gasteiger partial charge in [0, 0.05) is 12.1 Å². The molecule has 0 radical (unpaired) electrons. The van der Waals surface area contributed by atoms with Crippen molar-refractivity contribution in [3.63, 3.8) is 0 Å². The van der Waals surface area contributed by atoms with Gasteiger partial charge in [-0.05, 0) is 38.7 Å². The average molecular weight is 282 g/mol. The van der Waals surface area contributed by atoms with Crippen LogP contribution in [0.4, 0.5) is 0 Å². The minimum absolute atomic E-state index is 0.0264. The summed E-state index contributed by atoms with van der Waals surface area (Å²) in [5.74, 6) is -0.0264. The highest BCUT2D eigenvalue weighted by atomic mass is 16.1. The Balaban J connectivity index is 2.04. The van der Waals surface area contributed by atoms with Crippen molar-refractivity contribution in [3.8, 4) is 0 Å². The van der Waals surface area contributed by atoms with Crippen LogP contribution in [0.15, 0.2) is 54.6 Å². The van der Waals surface area contributed by atoms with Crippen molar-refractivity contribution in [2.24, 2.45) is 0 Å². The van der Waals surface area contributed by atoms with E-state index in [1.54, 1.807) is 0 Å². The highest BCUT2D eigenvalue weighted by Crippen LogP contribution is 2.17. The molecule has 0 aliphatic rings. The maximum Gasteiger partial charge on any atom is 0.251 e. The number of carbonyl (C=O) groups excluding carboxylic acids is 1. The molecule has 0 bridgehead atoms. The number of hydrogen-bond donors (Lipinski definition) is 1. The second-order valence-electron chi connectivity index (χ2n) is 5.47. The molecule has 0 aromatic heterocycles. The molecule has 1 atom stereocenters. The Kier molecular flexibility index (Phi) is 5.12. The van der Waals surface area contributed by atoms with Crippen LogP contribution in [0, 0.1) is 6.92 Å². The molecular formula is C18H22N2O. The molecule has 0 fully saturated rings. The van der Waals surface area contributed by atoms with Crippen LogP contribution in [-0.2, 0) is 0 Å².